The topological polar surface area (TPSA) is 91.2 Å². The molecule has 20 heavy (non-hydrogen) atoms. The maximum atomic E-state index is 11.6. The largest absolute Gasteiger partial charge is 0.497 e. The van der Waals surface area contributed by atoms with Gasteiger partial charge in [0.2, 0.25) is 11.8 Å². The Labute approximate surface area is 117 Å². The average molecular weight is 275 g/mol. The van der Waals surface area contributed by atoms with E-state index in [0.717, 1.165) is 6.42 Å². The summed E-state index contributed by atoms with van der Waals surface area (Å²) in [7, 11) is 1.51. The van der Waals surface area contributed by atoms with E-state index >= 15 is 0 Å². The van der Waals surface area contributed by atoms with Crippen LogP contribution in [0.3, 0.4) is 0 Å². The third kappa shape index (κ3) is 4.61. The highest BCUT2D eigenvalue weighted by Gasteiger charge is 2.10. The molecule has 6 nitrogen and oxygen atoms in total. The van der Waals surface area contributed by atoms with Gasteiger partial charge in [-0.3, -0.25) is 9.59 Å². The molecule has 0 aliphatic rings. The Morgan fingerprint density at radius 1 is 1.25 bits per heavy atom. The van der Waals surface area contributed by atoms with Crippen LogP contribution in [-0.4, -0.2) is 18.9 Å². The van der Waals surface area contributed by atoms with Crippen molar-refractivity contribution >= 4 is 23.2 Å². The molecule has 0 aromatic heterocycles. The molecule has 0 aliphatic carbocycles. The monoisotopic (exact) mass is 275 g/mol. The van der Waals surface area contributed by atoms with Crippen molar-refractivity contribution in [3.63, 3.8) is 0 Å². The fourth-order valence-corrected chi connectivity index (χ4v) is 1.57. The summed E-state index contributed by atoms with van der Waals surface area (Å²) < 4.78 is 5.07. The van der Waals surface area contributed by atoms with E-state index in [9.17, 15) is 9.59 Å². The molecule has 0 atom stereocenters. The summed E-state index contributed by atoms with van der Waals surface area (Å²) in [5, 5.41) is 13.8. The first-order valence-electron chi connectivity index (χ1n) is 6.25. The van der Waals surface area contributed by atoms with Gasteiger partial charge < -0.3 is 15.4 Å². The number of hydrogen-bond donors (Lipinski definition) is 2. The van der Waals surface area contributed by atoms with Crippen LogP contribution in [-0.2, 0) is 9.59 Å². The van der Waals surface area contributed by atoms with Gasteiger partial charge in [-0.25, -0.2) is 0 Å². The van der Waals surface area contributed by atoms with E-state index < -0.39 is 5.91 Å². The molecule has 2 N–H and O–H groups in total. The highest BCUT2D eigenvalue weighted by molar-refractivity contribution is 6.00. The number of anilines is 2. The van der Waals surface area contributed by atoms with Crippen molar-refractivity contribution in [2.75, 3.05) is 17.7 Å². The smallest absolute Gasteiger partial charge is 0.238 e. The number of carbonyl (C=O) groups is 2. The number of nitriles is 1. The summed E-state index contributed by atoms with van der Waals surface area (Å²) in [5.41, 5.74) is 0.893. The van der Waals surface area contributed by atoms with Gasteiger partial charge in [0.1, 0.15) is 12.2 Å². The number of ether oxygens (including phenoxy) is 1. The summed E-state index contributed by atoms with van der Waals surface area (Å²) in [4.78, 5) is 23.1. The van der Waals surface area contributed by atoms with Gasteiger partial charge in [-0.1, -0.05) is 6.92 Å². The molecule has 0 fully saturated rings. The minimum absolute atomic E-state index is 0.131. The standard InChI is InChI=1S/C14H17N3O3/c1-3-4-13(18)16-11-6-5-10(20-2)9-12(11)17-14(19)7-8-15/h5-6,9H,3-4,7H2,1-2H3,(H,16,18)(H,17,19). The number of methoxy groups -OCH3 is 1. The van der Waals surface area contributed by atoms with Crippen LogP contribution in [0.15, 0.2) is 18.2 Å². The minimum Gasteiger partial charge on any atom is -0.497 e. The molecular formula is C14H17N3O3. The Hall–Kier alpha value is -2.55. The first-order valence-corrected chi connectivity index (χ1v) is 6.25. The highest BCUT2D eigenvalue weighted by atomic mass is 16.5. The van der Waals surface area contributed by atoms with Crippen LogP contribution in [0, 0.1) is 11.3 Å². The molecule has 6 heteroatoms. The van der Waals surface area contributed by atoms with Gasteiger partial charge in [-0.05, 0) is 18.6 Å². The first-order chi connectivity index (χ1) is 9.60. The van der Waals surface area contributed by atoms with E-state index in [4.69, 9.17) is 10.00 Å². The molecule has 0 aliphatic heterocycles. The molecule has 0 radical (unpaired) electrons. The van der Waals surface area contributed by atoms with Gasteiger partial charge in [0, 0.05) is 12.5 Å². The van der Waals surface area contributed by atoms with Crippen molar-refractivity contribution in [2.24, 2.45) is 0 Å². The Balaban J connectivity index is 2.94. The number of nitrogens with one attached hydrogen (secondary N) is 2. The van der Waals surface area contributed by atoms with Crippen LogP contribution in [0.1, 0.15) is 26.2 Å². The van der Waals surface area contributed by atoms with Crippen LogP contribution in [0.5, 0.6) is 5.75 Å². The third-order valence-electron chi connectivity index (χ3n) is 2.49. The SMILES string of the molecule is CCCC(=O)Nc1ccc(OC)cc1NC(=O)CC#N. The molecule has 0 spiro atoms. The van der Waals surface area contributed by atoms with Crippen molar-refractivity contribution in [3.05, 3.63) is 18.2 Å². The van der Waals surface area contributed by atoms with E-state index in [1.165, 1.54) is 7.11 Å². The Morgan fingerprint density at radius 3 is 2.55 bits per heavy atom. The summed E-state index contributed by atoms with van der Waals surface area (Å²) in [5.74, 6) is -0.0223. The maximum absolute atomic E-state index is 11.6. The highest BCUT2D eigenvalue weighted by Crippen LogP contribution is 2.27. The summed E-state index contributed by atoms with van der Waals surface area (Å²) >= 11 is 0. The fourth-order valence-electron chi connectivity index (χ4n) is 1.57. The van der Waals surface area contributed by atoms with Crippen molar-refractivity contribution in [1.82, 2.24) is 0 Å². The molecule has 106 valence electrons. The van der Waals surface area contributed by atoms with E-state index in [0.29, 0.717) is 23.5 Å². The second-order valence-electron chi connectivity index (χ2n) is 4.09. The summed E-state index contributed by atoms with van der Waals surface area (Å²) in [6.07, 6.45) is 0.884. The number of carbonyl (C=O) groups excluding carboxylic acids is 2. The molecule has 0 saturated carbocycles. The molecule has 2 amide bonds. The van der Waals surface area contributed by atoms with Gasteiger partial charge in [0.05, 0.1) is 24.6 Å². The Bertz CT molecular complexity index is 535. The van der Waals surface area contributed by atoms with Gasteiger partial charge in [0.25, 0.3) is 0 Å². The zero-order chi connectivity index (χ0) is 15.0. The van der Waals surface area contributed by atoms with Gasteiger partial charge >= 0.3 is 0 Å². The third-order valence-corrected chi connectivity index (χ3v) is 2.49. The van der Waals surface area contributed by atoms with Crippen LogP contribution in [0.25, 0.3) is 0 Å². The molecule has 1 aromatic carbocycles. The Kier molecular flexibility index (Phi) is 6.04. The molecule has 0 heterocycles. The average Bonchev–Trinajstić information content (AvgIpc) is 2.41. The molecule has 0 bridgehead atoms. The normalized spacial score (nSPS) is 9.45. The number of nitrogens with zero attached hydrogens (tertiary/aromatic N) is 1. The lowest BCUT2D eigenvalue weighted by Crippen LogP contribution is -2.15. The zero-order valence-electron chi connectivity index (χ0n) is 11.5. The van der Waals surface area contributed by atoms with Gasteiger partial charge in [-0.15, -0.1) is 0 Å². The number of hydrogen-bond acceptors (Lipinski definition) is 4. The molecule has 0 saturated heterocycles. The first kappa shape index (κ1) is 15.5. The number of amides is 2. The molecule has 1 aromatic rings. The second kappa shape index (κ2) is 7.79. The minimum atomic E-state index is -0.438. The summed E-state index contributed by atoms with van der Waals surface area (Å²) in [6, 6.07) is 6.69. The van der Waals surface area contributed by atoms with Crippen LogP contribution < -0.4 is 15.4 Å². The number of rotatable bonds is 6. The van der Waals surface area contributed by atoms with Crippen molar-refractivity contribution in [3.8, 4) is 11.8 Å². The van der Waals surface area contributed by atoms with E-state index in [-0.39, 0.29) is 12.3 Å². The lowest BCUT2D eigenvalue weighted by atomic mass is 10.2. The maximum Gasteiger partial charge on any atom is 0.238 e. The van der Waals surface area contributed by atoms with Gasteiger partial charge in [-0.2, -0.15) is 5.26 Å². The van der Waals surface area contributed by atoms with Gasteiger partial charge in [0.15, 0.2) is 0 Å². The predicted molar refractivity (Wildman–Crippen MR) is 75.4 cm³/mol. The fraction of sp³-hybridized carbons (Fsp3) is 0.357. The molecule has 0 unspecified atom stereocenters. The lowest BCUT2D eigenvalue weighted by Gasteiger charge is -2.13. The molecular weight excluding hydrogens is 258 g/mol. The van der Waals surface area contributed by atoms with Crippen molar-refractivity contribution < 1.29 is 14.3 Å². The van der Waals surface area contributed by atoms with Crippen molar-refractivity contribution in [2.45, 2.75) is 26.2 Å². The van der Waals surface area contributed by atoms with E-state index in [1.54, 1.807) is 24.3 Å². The summed E-state index contributed by atoms with van der Waals surface area (Å²) in [6.45, 7) is 1.91. The molecule has 1 rings (SSSR count). The lowest BCUT2D eigenvalue weighted by molar-refractivity contribution is -0.116. The quantitative estimate of drug-likeness (QED) is 0.833. The van der Waals surface area contributed by atoms with Crippen LogP contribution in [0.2, 0.25) is 0 Å². The van der Waals surface area contributed by atoms with E-state index in [2.05, 4.69) is 10.6 Å². The zero-order valence-corrected chi connectivity index (χ0v) is 11.5. The van der Waals surface area contributed by atoms with E-state index in [1.807, 2.05) is 6.92 Å². The second-order valence-corrected chi connectivity index (χ2v) is 4.09. The Morgan fingerprint density at radius 2 is 1.95 bits per heavy atom. The predicted octanol–water partition coefficient (Wildman–Crippen LogP) is 2.29. The number of benzene rings is 1. The van der Waals surface area contributed by atoms with Crippen LogP contribution >= 0.6 is 0 Å². The van der Waals surface area contributed by atoms with Crippen molar-refractivity contribution in [1.29, 1.82) is 5.26 Å². The van der Waals surface area contributed by atoms with Crippen LogP contribution in [0.4, 0.5) is 11.4 Å².